The minimum absolute atomic E-state index is 0.0842. The molecule has 0 spiro atoms. The van der Waals surface area contributed by atoms with Crippen LogP contribution in [0.4, 0.5) is 18.9 Å². The molecule has 4 aromatic rings. The maximum atomic E-state index is 15.2. The molecule has 4 rings (SSSR count). The Bertz CT molecular complexity index is 1590. The Morgan fingerprint density at radius 2 is 1.63 bits per heavy atom. The Labute approximate surface area is 218 Å². The number of amides is 1. The average molecular weight is 544 g/mol. The number of aryl methyl sites for hydroxylation is 1. The van der Waals surface area contributed by atoms with E-state index in [1.165, 1.54) is 4.90 Å². The predicted molar refractivity (Wildman–Crippen MR) is 136 cm³/mol. The van der Waals surface area contributed by atoms with Gasteiger partial charge < -0.3 is 4.90 Å². The molecule has 0 aliphatic rings. The number of benzene rings is 2. The van der Waals surface area contributed by atoms with Crippen molar-refractivity contribution in [3.8, 4) is 22.4 Å². The second-order valence-electron chi connectivity index (χ2n) is 8.62. The van der Waals surface area contributed by atoms with Gasteiger partial charge in [-0.3, -0.25) is 14.5 Å². The van der Waals surface area contributed by atoms with Gasteiger partial charge in [0.1, 0.15) is 28.0 Å². The zero-order valence-corrected chi connectivity index (χ0v) is 21.6. The van der Waals surface area contributed by atoms with Gasteiger partial charge in [-0.2, -0.15) is 5.10 Å². The van der Waals surface area contributed by atoms with Crippen molar-refractivity contribution < 1.29 is 26.4 Å². The molecule has 0 N–H and O–H groups in total. The van der Waals surface area contributed by atoms with E-state index in [9.17, 15) is 22.0 Å². The number of hydrogen-bond donors (Lipinski definition) is 0. The van der Waals surface area contributed by atoms with Crippen LogP contribution in [-0.4, -0.2) is 54.6 Å². The molecule has 198 valence electrons. The van der Waals surface area contributed by atoms with Crippen LogP contribution in [0.1, 0.15) is 6.92 Å². The van der Waals surface area contributed by atoms with Crippen molar-refractivity contribution in [2.45, 2.75) is 18.4 Å². The molecule has 2 aromatic heterocycles. The molecule has 2 aromatic carbocycles. The molecule has 0 radical (unpaired) electrons. The Morgan fingerprint density at radius 3 is 2.29 bits per heavy atom. The molecule has 12 heteroatoms. The third kappa shape index (κ3) is 5.31. The number of sulfonamides is 1. The van der Waals surface area contributed by atoms with Crippen molar-refractivity contribution in [3.05, 3.63) is 84.6 Å². The smallest absolute Gasteiger partial charge is 0.273 e. The molecule has 0 aliphatic carbocycles. The van der Waals surface area contributed by atoms with Crippen molar-refractivity contribution in [2.75, 3.05) is 24.9 Å². The van der Waals surface area contributed by atoms with Crippen LogP contribution in [-0.2, 0) is 21.4 Å². The SMILES string of the molecule is CCn1cc(-c2ccncc2)c(-c2cc(N(C(=O)CN(C)C)S(=O)(=O)c3cc(F)ccc3F)ccc2F)n1. The van der Waals surface area contributed by atoms with Gasteiger partial charge in [0.05, 0.1) is 12.2 Å². The number of hydrogen-bond acceptors (Lipinski definition) is 6. The maximum absolute atomic E-state index is 15.2. The number of nitrogens with zero attached hydrogens (tertiary/aromatic N) is 5. The largest absolute Gasteiger partial charge is 0.301 e. The summed E-state index contributed by atoms with van der Waals surface area (Å²) in [6.45, 7) is 1.94. The van der Waals surface area contributed by atoms with Crippen molar-refractivity contribution in [1.82, 2.24) is 19.7 Å². The number of halogens is 3. The van der Waals surface area contributed by atoms with E-state index >= 15 is 4.39 Å². The van der Waals surface area contributed by atoms with Crippen LogP contribution in [0.3, 0.4) is 0 Å². The summed E-state index contributed by atoms with van der Waals surface area (Å²) in [5, 5.41) is 4.46. The second-order valence-corrected chi connectivity index (χ2v) is 10.4. The van der Waals surface area contributed by atoms with Gasteiger partial charge in [-0.05, 0) is 75.1 Å². The monoisotopic (exact) mass is 543 g/mol. The van der Waals surface area contributed by atoms with Crippen LogP contribution in [0, 0.1) is 17.5 Å². The zero-order chi connectivity index (χ0) is 27.6. The Kier molecular flexibility index (Phi) is 7.65. The highest BCUT2D eigenvalue weighted by molar-refractivity contribution is 7.93. The summed E-state index contributed by atoms with van der Waals surface area (Å²) in [6.07, 6.45) is 4.85. The molecule has 0 aliphatic heterocycles. The first-order valence-electron chi connectivity index (χ1n) is 11.5. The van der Waals surface area contributed by atoms with Crippen molar-refractivity contribution >= 4 is 21.6 Å². The lowest BCUT2D eigenvalue weighted by Gasteiger charge is -2.25. The molecule has 0 unspecified atom stereocenters. The van der Waals surface area contributed by atoms with Crippen LogP contribution >= 0.6 is 0 Å². The van der Waals surface area contributed by atoms with E-state index in [0.717, 1.165) is 24.3 Å². The third-order valence-electron chi connectivity index (χ3n) is 5.61. The standard InChI is InChI=1S/C26H24F3N5O3S/c1-4-33-15-21(17-9-11-30-12-10-17)26(31-33)20-14-19(6-8-22(20)28)34(25(35)16-32(2)3)38(36,37)24-13-18(27)5-7-23(24)29/h5-15H,4,16H2,1-3H3. The number of anilines is 1. The Morgan fingerprint density at radius 1 is 0.947 bits per heavy atom. The topological polar surface area (TPSA) is 88.4 Å². The van der Waals surface area contributed by atoms with E-state index in [2.05, 4.69) is 10.1 Å². The molecule has 8 nitrogen and oxygen atoms in total. The minimum atomic E-state index is -4.94. The van der Waals surface area contributed by atoms with E-state index in [-0.39, 0.29) is 23.5 Å². The lowest BCUT2D eigenvalue weighted by atomic mass is 10.0. The highest BCUT2D eigenvalue weighted by atomic mass is 32.2. The lowest BCUT2D eigenvalue weighted by molar-refractivity contribution is -0.118. The summed E-state index contributed by atoms with van der Waals surface area (Å²) in [7, 11) is -1.86. The third-order valence-corrected chi connectivity index (χ3v) is 7.37. The van der Waals surface area contributed by atoms with Crippen LogP contribution in [0.15, 0.2) is 72.0 Å². The van der Waals surface area contributed by atoms with Gasteiger partial charge >= 0.3 is 0 Å². The fourth-order valence-electron chi connectivity index (χ4n) is 3.87. The van der Waals surface area contributed by atoms with Gasteiger partial charge in [0.2, 0.25) is 0 Å². The van der Waals surface area contributed by atoms with Gasteiger partial charge in [-0.1, -0.05) is 0 Å². The first kappa shape index (κ1) is 27.0. The summed E-state index contributed by atoms with van der Waals surface area (Å²) in [5.74, 6) is -3.92. The molecular formula is C26H24F3N5O3S. The number of carbonyl (C=O) groups excluding carboxylic acids is 1. The lowest BCUT2D eigenvalue weighted by Crippen LogP contribution is -2.42. The summed E-state index contributed by atoms with van der Waals surface area (Å²) in [5.41, 5.74) is 1.10. The zero-order valence-electron chi connectivity index (χ0n) is 20.8. The minimum Gasteiger partial charge on any atom is -0.301 e. The molecule has 0 atom stereocenters. The van der Waals surface area contributed by atoms with Gasteiger partial charge in [0, 0.05) is 36.3 Å². The number of aromatic nitrogens is 3. The highest BCUT2D eigenvalue weighted by Gasteiger charge is 2.34. The first-order valence-corrected chi connectivity index (χ1v) is 12.9. The fourth-order valence-corrected chi connectivity index (χ4v) is 5.36. The van der Waals surface area contributed by atoms with Crippen LogP contribution in [0.25, 0.3) is 22.4 Å². The van der Waals surface area contributed by atoms with Gasteiger partial charge in [-0.15, -0.1) is 0 Å². The molecule has 0 bridgehead atoms. The van der Waals surface area contributed by atoms with Crippen LogP contribution in [0.5, 0.6) is 0 Å². The Hall–Kier alpha value is -4.03. The quantitative estimate of drug-likeness (QED) is 0.329. The fraction of sp³-hybridized carbons (Fsp3) is 0.192. The maximum Gasteiger partial charge on any atom is 0.273 e. The number of carbonyl (C=O) groups is 1. The Balaban J connectivity index is 1.93. The molecule has 38 heavy (non-hydrogen) atoms. The molecule has 0 saturated carbocycles. The van der Waals surface area contributed by atoms with Crippen molar-refractivity contribution in [3.63, 3.8) is 0 Å². The number of likely N-dealkylation sites (N-methyl/N-ethyl adjacent to an activating group) is 1. The van der Waals surface area contributed by atoms with Gasteiger partial charge in [0.25, 0.3) is 15.9 Å². The predicted octanol–water partition coefficient (Wildman–Crippen LogP) is 4.33. The first-order chi connectivity index (χ1) is 18.0. The van der Waals surface area contributed by atoms with Crippen molar-refractivity contribution in [2.24, 2.45) is 0 Å². The van der Waals surface area contributed by atoms with E-state index in [4.69, 9.17) is 0 Å². The van der Waals surface area contributed by atoms with Crippen LogP contribution in [0.2, 0.25) is 0 Å². The molecule has 0 fully saturated rings. The highest BCUT2D eigenvalue weighted by Crippen LogP contribution is 2.36. The van der Waals surface area contributed by atoms with E-state index in [0.29, 0.717) is 34.1 Å². The van der Waals surface area contributed by atoms with E-state index < -0.39 is 38.3 Å². The summed E-state index contributed by atoms with van der Waals surface area (Å²) < 4.78 is 72.8. The molecule has 0 saturated heterocycles. The van der Waals surface area contributed by atoms with E-state index in [1.54, 1.807) is 49.5 Å². The summed E-state index contributed by atoms with van der Waals surface area (Å²) in [4.78, 5) is 17.6. The van der Waals surface area contributed by atoms with Gasteiger partial charge in [-0.25, -0.2) is 25.9 Å². The molecular weight excluding hydrogens is 519 g/mol. The van der Waals surface area contributed by atoms with E-state index in [1.807, 2.05) is 6.92 Å². The molecule has 2 heterocycles. The molecule has 1 amide bonds. The number of pyridine rings is 1. The normalized spacial score (nSPS) is 11.7. The second kappa shape index (κ2) is 10.8. The summed E-state index contributed by atoms with van der Waals surface area (Å²) in [6, 6.07) is 8.59. The average Bonchev–Trinajstić information content (AvgIpc) is 3.31. The number of rotatable bonds is 8. The van der Waals surface area contributed by atoms with Crippen LogP contribution < -0.4 is 4.31 Å². The van der Waals surface area contributed by atoms with Gasteiger partial charge in [0.15, 0.2) is 0 Å². The summed E-state index contributed by atoms with van der Waals surface area (Å²) >= 11 is 0. The van der Waals surface area contributed by atoms with Crippen molar-refractivity contribution in [1.29, 1.82) is 0 Å².